The van der Waals surface area contributed by atoms with Crippen molar-refractivity contribution in [3.05, 3.63) is 24.3 Å². The predicted molar refractivity (Wildman–Crippen MR) is 45.0 cm³/mol. The summed E-state index contributed by atoms with van der Waals surface area (Å²) in [5, 5.41) is 0. The highest BCUT2D eigenvalue weighted by Crippen LogP contribution is 2.32. The molecule has 2 aliphatic carbocycles. The van der Waals surface area contributed by atoms with Gasteiger partial charge in [-0.3, -0.25) is 0 Å². The van der Waals surface area contributed by atoms with Gasteiger partial charge < -0.3 is 4.90 Å². The average Bonchev–Trinajstić information content (AvgIpc) is 2.40. The van der Waals surface area contributed by atoms with Crippen molar-refractivity contribution in [1.29, 1.82) is 0 Å². The van der Waals surface area contributed by atoms with Crippen LogP contribution in [-0.4, -0.2) is 26.0 Å². The molecule has 0 aromatic carbocycles. The van der Waals surface area contributed by atoms with Gasteiger partial charge in [-0.15, -0.1) is 0 Å². The first-order valence-corrected chi connectivity index (χ1v) is 3.41. The highest BCUT2D eigenvalue weighted by molar-refractivity contribution is 5.80. The Kier molecular flexibility index (Phi) is 2.07. The first-order chi connectivity index (χ1) is 4.70. The normalized spacial score (nSPS) is 10.4. The molecule has 0 heterocycles. The molecule has 0 atom stereocenters. The van der Waals surface area contributed by atoms with E-state index in [0.29, 0.717) is 0 Å². The van der Waals surface area contributed by atoms with E-state index >= 15 is 0 Å². The molecule has 2 rings (SSSR count). The lowest BCUT2D eigenvalue weighted by Gasteiger charge is -1.90. The van der Waals surface area contributed by atoms with Crippen molar-refractivity contribution in [2.45, 2.75) is 0 Å². The third-order valence-electron chi connectivity index (χ3n) is 1.11. The van der Waals surface area contributed by atoms with Crippen LogP contribution in [0, 0.1) is 0 Å². The number of benzene rings is 1. The average molecular weight is 135 g/mol. The summed E-state index contributed by atoms with van der Waals surface area (Å²) in [6, 6.07) is 8.48. The van der Waals surface area contributed by atoms with Crippen molar-refractivity contribution in [2.75, 3.05) is 21.1 Å². The van der Waals surface area contributed by atoms with Crippen LogP contribution in [0.2, 0.25) is 0 Å². The first kappa shape index (κ1) is 7.29. The van der Waals surface area contributed by atoms with Crippen LogP contribution in [0.15, 0.2) is 24.3 Å². The highest BCUT2D eigenvalue weighted by Gasteiger charge is 2.06. The van der Waals surface area contributed by atoms with Crippen molar-refractivity contribution in [2.24, 2.45) is 0 Å². The van der Waals surface area contributed by atoms with Crippen molar-refractivity contribution in [3.63, 3.8) is 0 Å². The first-order valence-electron chi connectivity index (χ1n) is 3.41. The van der Waals surface area contributed by atoms with Gasteiger partial charge in [0.15, 0.2) is 0 Å². The molecule has 0 spiro atoms. The molecule has 0 bridgehead atoms. The molecular weight excluding hydrogens is 122 g/mol. The summed E-state index contributed by atoms with van der Waals surface area (Å²) in [4.78, 5) is 2.00. The molecule has 0 amide bonds. The van der Waals surface area contributed by atoms with Gasteiger partial charge in [0.1, 0.15) is 0 Å². The van der Waals surface area contributed by atoms with Gasteiger partial charge >= 0.3 is 0 Å². The van der Waals surface area contributed by atoms with Gasteiger partial charge in [-0.2, -0.15) is 0 Å². The molecule has 0 aromatic rings. The zero-order valence-electron chi connectivity index (χ0n) is 6.76. The summed E-state index contributed by atoms with van der Waals surface area (Å²) < 4.78 is 0. The lowest BCUT2D eigenvalue weighted by atomic mass is 10.6. The molecule has 0 aromatic heterocycles. The number of nitrogens with zero attached hydrogens (tertiary/aromatic N) is 1. The fraction of sp³-hybridized carbons (Fsp3) is 0.333. The number of hydrogen-bond donors (Lipinski definition) is 0. The van der Waals surface area contributed by atoms with E-state index in [9.17, 15) is 0 Å². The minimum absolute atomic E-state index is 1.43. The Balaban J connectivity index is 0.000000112. The van der Waals surface area contributed by atoms with E-state index in [2.05, 4.69) is 24.3 Å². The van der Waals surface area contributed by atoms with E-state index < -0.39 is 0 Å². The largest absolute Gasteiger partial charge is 0.312 e. The van der Waals surface area contributed by atoms with Crippen molar-refractivity contribution in [3.8, 4) is 11.1 Å². The van der Waals surface area contributed by atoms with Gasteiger partial charge in [0, 0.05) is 0 Å². The molecular formula is C9H13N. The number of hydrogen-bond acceptors (Lipinski definition) is 1. The minimum atomic E-state index is 1.43. The van der Waals surface area contributed by atoms with Crippen LogP contribution >= 0.6 is 0 Å². The smallest absolute Gasteiger partial charge is 0.0140 e. The summed E-state index contributed by atoms with van der Waals surface area (Å²) in [6.07, 6.45) is 0. The summed E-state index contributed by atoms with van der Waals surface area (Å²) in [6.45, 7) is 0. The fourth-order valence-electron chi connectivity index (χ4n) is 0.676. The van der Waals surface area contributed by atoms with Crippen LogP contribution in [-0.2, 0) is 0 Å². The second kappa shape index (κ2) is 2.84. The quantitative estimate of drug-likeness (QED) is 0.533. The van der Waals surface area contributed by atoms with Gasteiger partial charge in [-0.05, 0) is 38.3 Å². The molecule has 2 aliphatic rings. The van der Waals surface area contributed by atoms with E-state index in [0.717, 1.165) is 0 Å². The van der Waals surface area contributed by atoms with Crippen LogP contribution in [0.3, 0.4) is 0 Å². The molecule has 0 aliphatic heterocycles. The molecule has 0 saturated carbocycles. The Hall–Kier alpha value is -0.820. The van der Waals surface area contributed by atoms with E-state index in [1.54, 1.807) is 0 Å². The Morgan fingerprint density at radius 1 is 1.00 bits per heavy atom. The standard InChI is InChI=1S/C6H4.C3H9N/c1-2-5-4-6(5)3-1;1-4(2)3/h1-4H;1-3H3. The lowest BCUT2D eigenvalue weighted by molar-refractivity contribution is 0.505. The molecule has 1 heteroatoms. The second-order valence-electron chi connectivity index (χ2n) is 2.92. The molecule has 0 saturated heterocycles. The van der Waals surface area contributed by atoms with Gasteiger partial charge in [0.2, 0.25) is 0 Å². The minimum Gasteiger partial charge on any atom is -0.312 e. The zero-order valence-corrected chi connectivity index (χ0v) is 6.76. The van der Waals surface area contributed by atoms with Crippen LogP contribution in [0.4, 0.5) is 0 Å². The molecule has 1 nitrogen and oxygen atoms in total. The Morgan fingerprint density at radius 3 is 1.50 bits per heavy atom. The van der Waals surface area contributed by atoms with Crippen LogP contribution in [0.1, 0.15) is 0 Å². The Labute approximate surface area is 62.3 Å². The van der Waals surface area contributed by atoms with Gasteiger partial charge in [-0.25, -0.2) is 0 Å². The maximum absolute atomic E-state index is 2.17. The molecule has 10 heavy (non-hydrogen) atoms. The molecule has 0 radical (unpaired) electrons. The third kappa shape index (κ3) is 2.19. The predicted octanol–water partition coefficient (Wildman–Crippen LogP) is 1.84. The van der Waals surface area contributed by atoms with Crippen LogP contribution in [0.5, 0.6) is 0 Å². The van der Waals surface area contributed by atoms with Gasteiger partial charge in [0.25, 0.3) is 0 Å². The van der Waals surface area contributed by atoms with Crippen molar-refractivity contribution >= 4 is 0 Å². The molecule has 0 N–H and O–H groups in total. The second-order valence-corrected chi connectivity index (χ2v) is 2.92. The molecule has 0 fully saturated rings. The van der Waals surface area contributed by atoms with E-state index in [1.165, 1.54) is 11.1 Å². The number of fused-ring (bicyclic) bond motifs is 1. The monoisotopic (exact) mass is 135 g/mol. The van der Waals surface area contributed by atoms with E-state index in [1.807, 2.05) is 26.0 Å². The fourth-order valence-corrected chi connectivity index (χ4v) is 0.676. The summed E-state index contributed by atoms with van der Waals surface area (Å²) in [7, 11) is 6.00. The maximum Gasteiger partial charge on any atom is -0.0140 e. The SMILES string of the molecule is CN(C)C.c1cc2cc-2c1. The maximum atomic E-state index is 2.17. The number of rotatable bonds is 0. The summed E-state index contributed by atoms with van der Waals surface area (Å²) in [5.74, 6) is 0. The third-order valence-corrected chi connectivity index (χ3v) is 1.11. The topological polar surface area (TPSA) is 3.24 Å². The van der Waals surface area contributed by atoms with Crippen LogP contribution < -0.4 is 0 Å². The highest BCUT2D eigenvalue weighted by atomic mass is 15.0. The van der Waals surface area contributed by atoms with E-state index in [4.69, 9.17) is 0 Å². The summed E-state index contributed by atoms with van der Waals surface area (Å²) >= 11 is 0. The molecule has 54 valence electrons. The molecule has 0 unspecified atom stereocenters. The zero-order chi connectivity index (χ0) is 7.56. The lowest BCUT2D eigenvalue weighted by Crippen LogP contribution is -1.99. The Morgan fingerprint density at radius 2 is 1.40 bits per heavy atom. The van der Waals surface area contributed by atoms with Crippen molar-refractivity contribution < 1.29 is 0 Å². The van der Waals surface area contributed by atoms with Crippen molar-refractivity contribution in [1.82, 2.24) is 4.90 Å². The van der Waals surface area contributed by atoms with E-state index in [-0.39, 0.29) is 0 Å². The summed E-state index contributed by atoms with van der Waals surface area (Å²) in [5.41, 5.74) is 2.85. The van der Waals surface area contributed by atoms with Gasteiger partial charge in [-0.1, -0.05) is 18.2 Å². The Bertz CT molecular complexity index is 196. The van der Waals surface area contributed by atoms with Gasteiger partial charge in [0.05, 0.1) is 0 Å². The van der Waals surface area contributed by atoms with Crippen LogP contribution in [0.25, 0.3) is 11.1 Å².